The van der Waals surface area contributed by atoms with Crippen LogP contribution in [0.3, 0.4) is 0 Å². The van der Waals surface area contributed by atoms with Gasteiger partial charge in [0.25, 0.3) is 0 Å². The van der Waals surface area contributed by atoms with Crippen molar-refractivity contribution in [2.45, 2.75) is 47.0 Å². The Labute approximate surface area is 165 Å². The summed E-state index contributed by atoms with van der Waals surface area (Å²) < 4.78 is 0. The number of nitrogens with one attached hydrogen (secondary N) is 1. The number of hydrogen-bond donors (Lipinski definition) is 2. The number of nitrogens with two attached hydrogens (primary N) is 1. The summed E-state index contributed by atoms with van der Waals surface area (Å²) in [5, 5.41) is 3.12. The molecule has 0 unspecified atom stereocenters. The van der Waals surface area contributed by atoms with Crippen molar-refractivity contribution in [2.24, 2.45) is 11.1 Å². The number of hydrogen-bond acceptors (Lipinski definition) is 2. The zero-order valence-electron chi connectivity index (χ0n) is 16.9. The number of anilines is 1. The van der Waals surface area contributed by atoms with Gasteiger partial charge >= 0.3 is 0 Å². The predicted octanol–water partition coefficient (Wildman–Crippen LogP) is 4.85. The first-order valence-electron chi connectivity index (χ1n) is 9.77. The summed E-state index contributed by atoms with van der Waals surface area (Å²) in [5.41, 5.74) is 14.6. The lowest BCUT2D eigenvalue weighted by atomic mass is 9.88. The highest BCUT2D eigenvalue weighted by Gasteiger charge is 2.45. The fourth-order valence-electron chi connectivity index (χ4n) is 4.08. The second kappa shape index (κ2) is 6.33. The van der Waals surface area contributed by atoms with Crippen molar-refractivity contribution in [1.82, 2.24) is 0 Å². The van der Waals surface area contributed by atoms with E-state index in [4.69, 9.17) is 5.73 Å². The average molecular weight is 374 g/mol. The van der Waals surface area contributed by atoms with Crippen LogP contribution < -0.4 is 11.1 Å². The molecule has 0 bridgehead atoms. The molecule has 0 aliphatic heterocycles. The van der Waals surface area contributed by atoms with Crippen LogP contribution in [-0.2, 0) is 11.2 Å². The van der Waals surface area contributed by atoms with Crippen LogP contribution in [0.25, 0.3) is 16.7 Å². The molecular weight excluding hydrogens is 348 g/mol. The summed E-state index contributed by atoms with van der Waals surface area (Å²) in [7, 11) is 0. The number of benzene rings is 2. The van der Waals surface area contributed by atoms with E-state index in [-0.39, 0.29) is 17.2 Å². The highest BCUT2D eigenvalue weighted by Crippen LogP contribution is 2.46. The van der Waals surface area contributed by atoms with Crippen molar-refractivity contribution < 1.29 is 9.59 Å². The molecule has 1 fully saturated rings. The van der Waals surface area contributed by atoms with Gasteiger partial charge in [-0.3, -0.25) is 9.59 Å². The molecule has 4 rings (SSSR count). The SMILES string of the molecule is CC1=C(C)c2c(-c3cccc(NC(=O)C4(C)CC4)c3C)ccc(C(N)=O)c2C1. The smallest absolute Gasteiger partial charge is 0.249 e. The fourth-order valence-corrected chi connectivity index (χ4v) is 4.08. The van der Waals surface area contributed by atoms with Crippen molar-refractivity contribution in [3.63, 3.8) is 0 Å². The van der Waals surface area contributed by atoms with E-state index in [9.17, 15) is 9.59 Å². The molecule has 2 aliphatic carbocycles. The maximum atomic E-state index is 12.5. The van der Waals surface area contributed by atoms with Crippen LogP contribution in [0.2, 0.25) is 0 Å². The summed E-state index contributed by atoms with van der Waals surface area (Å²) in [4.78, 5) is 24.4. The van der Waals surface area contributed by atoms with Crippen LogP contribution in [0.15, 0.2) is 35.9 Å². The highest BCUT2D eigenvalue weighted by molar-refractivity contribution is 6.01. The Hall–Kier alpha value is -2.88. The molecule has 144 valence electrons. The van der Waals surface area contributed by atoms with Gasteiger partial charge in [0.05, 0.1) is 0 Å². The van der Waals surface area contributed by atoms with Gasteiger partial charge in [-0.25, -0.2) is 0 Å². The Balaban J connectivity index is 1.82. The van der Waals surface area contributed by atoms with E-state index >= 15 is 0 Å². The third kappa shape index (κ3) is 2.84. The van der Waals surface area contributed by atoms with E-state index in [1.165, 1.54) is 11.1 Å². The summed E-state index contributed by atoms with van der Waals surface area (Å²) in [6.07, 6.45) is 2.65. The summed E-state index contributed by atoms with van der Waals surface area (Å²) in [6, 6.07) is 9.82. The minimum atomic E-state index is -0.388. The van der Waals surface area contributed by atoms with Crippen molar-refractivity contribution in [3.05, 3.63) is 58.2 Å². The number of amides is 2. The van der Waals surface area contributed by atoms with Crippen molar-refractivity contribution >= 4 is 23.1 Å². The van der Waals surface area contributed by atoms with Crippen LogP contribution in [0.5, 0.6) is 0 Å². The quantitative estimate of drug-likeness (QED) is 0.803. The first-order valence-corrected chi connectivity index (χ1v) is 9.77. The monoisotopic (exact) mass is 374 g/mol. The molecule has 0 heterocycles. The summed E-state index contributed by atoms with van der Waals surface area (Å²) in [6.45, 7) is 8.25. The van der Waals surface area contributed by atoms with Crippen LogP contribution in [-0.4, -0.2) is 11.8 Å². The number of fused-ring (bicyclic) bond motifs is 1. The fraction of sp³-hybridized carbons (Fsp3) is 0.333. The Morgan fingerprint density at radius 2 is 1.75 bits per heavy atom. The third-order valence-corrected chi connectivity index (χ3v) is 6.46. The molecule has 2 aromatic carbocycles. The Bertz CT molecular complexity index is 1060. The minimum Gasteiger partial charge on any atom is -0.366 e. The number of primary amides is 1. The molecule has 0 aromatic heterocycles. The summed E-state index contributed by atoms with van der Waals surface area (Å²) in [5.74, 6) is -0.297. The molecule has 2 amide bonds. The van der Waals surface area contributed by atoms with E-state index in [0.717, 1.165) is 52.8 Å². The van der Waals surface area contributed by atoms with E-state index in [1.807, 2.05) is 38.1 Å². The van der Waals surface area contributed by atoms with Crippen molar-refractivity contribution in [3.8, 4) is 11.1 Å². The normalized spacial score (nSPS) is 16.7. The van der Waals surface area contributed by atoms with Gasteiger partial charge in [-0.1, -0.05) is 30.7 Å². The van der Waals surface area contributed by atoms with Gasteiger partial charge in [-0.2, -0.15) is 0 Å². The molecule has 4 heteroatoms. The molecule has 4 nitrogen and oxygen atoms in total. The van der Waals surface area contributed by atoms with Crippen LogP contribution in [0.1, 0.15) is 60.7 Å². The van der Waals surface area contributed by atoms with Gasteiger partial charge in [0.15, 0.2) is 0 Å². The highest BCUT2D eigenvalue weighted by atomic mass is 16.2. The lowest BCUT2D eigenvalue weighted by Crippen LogP contribution is -2.21. The van der Waals surface area contributed by atoms with Crippen molar-refractivity contribution in [1.29, 1.82) is 0 Å². The van der Waals surface area contributed by atoms with Crippen molar-refractivity contribution in [2.75, 3.05) is 5.32 Å². The van der Waals surface area contributed by atoms with Gasteiger partial charge < -0.3 is 11.1 Å². The van der Waals surface area contributed by atoms with Crippen LogP contribution in [0, 0.1) is 12.3 Å². The largest absolute Gasteiger partial charge is 0.366 e. The van der Waals surface area contributed by atoms with E-state index in [1.54, 1.807) is 0 Å². The molecular formula is C24H26N2O2. The summed E-state index contributed by atoms with van der Waals surface area (Å²) >= 11 is 0. The van der Waals surface area contributed by atoms with Gasteiger partial charge in [0, 0.05) is 16.7 Å². The molecule has 1 saturated carbocycles. The third-order valence-electron chi connectivity index (χ3n) is 6.46. The number of rotatable bonds is 4. The van der Waals surface area contributed by atoms with Gasteiger partial charge in [0.1, 0.15) is 0 Å². The molecule has 28 heavy (non-hydrogen) atoms. The second-order valence-electron chi connectivity index (χ2n) is 8.45. The van der Waals surface area contributed by atoms with Crippen LogP contribution in [0.4, 0.5) is 5.69 Å². The molecule has 3 N–H and O–H groups in total. The number of allylic oxidation sites excluding steroid dienone is 2. The Morgan fingerprint density at radius 1 is 1.04 bits per heavy atom. The lowest BCUT2D eigenvalue weighted by molar-refractivity contribution is -0.120. The average Bonchev–Trinajstić information content (AvgIpc) is 3.34. The first kappa shape index (κ1) is 18.5. The van der Waals surface area contributed by atoms with Crippen LogP contribution >= 0.6 is 0 Å². The predicted molar refractivity (Wildman–Crippen MR) is 113 cm³/mol. The minimum absolute atomic E-state index is 0.0916. The Kier molecular flexibility index (Phi) is 4.18. The van der Waals surface area contributed by atoms with Gasteiger partial charge in [0.2, 0.25) is 11.8 Å². The lowest BCUT2D eigenvalue weighted by Gasteiger charge is -2.18. The maximum Gasteiger partial charge on any atom is 0.249 e. The second-order valence-corrected chi connectivity index (χ2v) is 8.45. The molecule has 2 aromatic rings. The molecule has 0 radical (unpaired) electrons. The number of carbonyl (C=O) groups is 2. The molecule has 0 spiro atoms. The molecule has 0 saturated heterocycles. The van der Waals surface area contributed by atoms with E-state index in [0.29, 0.717) is 5.56 Å². The maximum absolute atomic E-state index is 12.5. The number of carbonyl (C=O) groups excluding carboxylic acids is 2. The van der Waals surface area contributed by atoms with E-state index < -0.39 is 0 Å². The van der Waals surface area contributed by atoms with E-state index in [2.05, 4.69) is 25.2 Å². The zero-order chi connectivity index (χ0) is 20.2. The van der Waals surface area contributed by atoms with Gasteiger partial charge in [-0.15, -0.1) is 0 Å². The molecule has 2 aliphatic rings. The standard InChI is InChI=1S/C24H26N2O2/c1-13-12-19-18(22(25)27)9-8-17(21(19)14(13)2)16-6-5-7-20(15(16)3)26-23(28)24(4)10-11-24/h5-9H,10-12H2,1-4H3,(H2,25,27)(H,26,28). The topological polar surface area (TPSA) is 72.2 Å². The molecule has 0 atom stereocenters. The Morgan fingerprint density at radius 3 is 2.39 bits per heavy atom. The van der Waals surface area contributed by atoms with Gasteiger partial charge in [-0.05, 0) is 85.6 Å². The zero-order valence-corrected chi connectivity index (χ0v) is 16.9. The first-order chi connectivity index (χ1) is 13.2.